The number of rotatable bonds is 9. The van der Waals surface area contributed by atoms with Crippen molar-refractivity contribution in [2.75, 3.05) is 13.1 Å². The Morgan fingerprint density at radius 1 is 1.00 bits per heavy atom. The van der Waals surface area contributed by atoms with Crippen molar-refractivity contribution in [1.29, 1.82) is 0 Å². The summed E-state index contributed by atoms with van der Waals surface area (Å²) in [6, 6.07) is 14.4. The molecule has 3 aliphatic heterocycles. The molecule has 4 atom stereocenters. The summed E-state index contributed by atoms with van der Waals surface area (Å²) < 4.78 is 6.20. The lowest BCUT2D eigenvalue weighted by Gasteiger charge is -2.42. The van der Waals surface area contributed by atoms with Crippen LogP contribution in [-0.2, 0) is 20.8 Å². The Hall–Kier alpha value is -3.20. The molecular weight excluding hydrogens is 575 g/mol. The highest BCUT2D eigenvalue weighted by atomic mass is 16.5. The Labute approximate surface area is 274 Å². The molecular formula is C38H49BN2O5. The molecule has 2 aromatic rings. The van der Waals surface area contributed by atoms with Crippen LogP contribution in [0, 0.1) is 31.6 Å². The Morgan fingerprint density at radius 2 is 1.70 bits per heavy atom. The van der Waals surface area contributed by atoms with Gasteiger partial charge in [-0.2, -0.15) is 0 Å². The maximum Gasteiger partial charge on any atom is 0.455 e. The van der Waals surface area contributed by atoms with Gasteiger partial charge in [-0.15, -0.1) is 0 Å². The fourth-order valence-corrected chi connectivity index (χ4v) is 8.70. The van der Waals surface area contributed by atoms with Crippen LogP contribution in [0.4, 0.5) is 0 Å². The van der Waals surface area contributed by atoms with Gasteiger partial charge < -0.3 is 14.8 Å². The normalized spacial score (nSPS) is 26.2. The Balaban J connectivity index is 1.15. The maximum absolute atomic E-state index is 14.1. The van der Waals surface area contributed by atoms with Gasteiger partial charge in [-0.05, 0) is 111 Å². The van der Waals surface area contributed by atoms with Crippen LogP contribution in [-0.4, -0.2) is 64.1 Å². The SMILES string of the molecule is CCC/C(=C\c1cc(C)c(O)c(C)c1)CC[C@H]1OB(O)C[C@H]2C1=C(C)C[C@H]1C(=O)N(C3CCN(Cc4ccccc4)CC3)C(=O)[C@H]12. The first-order chi connectivity index (χ1) is 22.1. The Kier molecular flexibility index (Phi) is 9.88. The number of fused-ring (bicyclic) bond motifs is 3. The maximum atomic E-state index is 14.1. The molecule has 0 radical (unpaired) electrons. The number of piperidine rings is 1. The van der Waals surface area contributed by atoms with Crippen molar-refractivity contribution in [3.05, 3.63) is 81.4 Å². The molecule has 2 N–H and O–H groups in total. The third-order valence-corrected chi connectivity index (χ3v) is 10.8. The minimum atomic E-state index is -0.954. The topological polar surface area (TPSA) is 90.3 Å². The van der Waals surface area contributed by atoms with Crippen molar-refractivity contribution >= 4 is 25.0 Å². The van der Waals surface area contributed by atoms with E-state index in [1.807, 2.05) is 32.0 Å². The summed E-state index contributed by atoms with van der Waals surface area (Å²) >= 11 is 0. The van der Waals surface area contributed by atoms with E-state index in [1.54, 1.807) is 4.90 Å². The second-order valence-electron chi connectivity index (χ2n) is 14.1. The second-order valence-corrected chi connectivity index (χ2v) is 14.1. The minimum absolute atomic E-state index is 0.0138. The van der Waals surface area contributed by atoms with Gasteiger partial charge in [0.05, 0.1) is 17.9 Å². The third kappa shape index (κ3) is 6.62. The number of carbonyl (C=O) groups is 2. The first-order valence-electron chi connectivity index (χ1n) is 17.3. The van der Waals surface area contributed by atoms with Gasteiger partial charge in [0.25, 0.3) is 0 Å². The van der Waals surface area contributed by atoms with Gasteiger partial charge in [0, 0.05) is 25.7 Å². The molecule has 46 heavy (non-hydrogen) atoms. The van der Waals surface area contributed by atoms with Gasteiger partial charge in [0.2, 0.25) is 11.8 Å². The van der Waals surface area contributed by atoms with Gasteiger partial charge >= 0.3 is 7.12 Å². The van der Waals surface area contributed by atoms with Crippen LogP contribution in [0.3, 0.4) is 0 Å². The van der Waals surface area contributed by atoms with Crippen LogP contribution in [0.2, 0.25) is 6.32 Å². The number of benzene rings is 2. The Bertz CT molecular complexity index is 1490. The molecule has 244 valence electrons. The van der Waals surface area contributed by atoms with Crippen molar-refractivity contribution in [2.45, 2.75) is 97.7 Å². The summed E-state index contributed by atoms with van der Waals surface area (Å²) in [4.78, 5) is 32.1. The van der Waals surface area contributed by atoms with Gasteiger partial charge in [-0.3, -0.25) is 19.4 Å². The van der Waals surface area contributed by atoms with Crippen molar-refractivity contribution in [3.63, 3.8) is 0 Å². The molecule has 3 heterocycles. The number of amides is 2. The molecule has 4 aliphatic rings. The van der Waals surface area contributed by atoms with E-state index in [-0.39, 0.29) is 35.8 Å². The zero-order valence-electron chi connectivity index (χ0n) is 27.9. The van der Waals surface area contributed by atoms with E-state index >= 15 is 0 Å². The molecule has 0 aromatic heterocycles. The largest absolute Gasteiger partial charge is 0.507 e. The number of likely N-dealkylation sites (tertiary alicyclic amines) is 2. The van der Waals surface area contributed by atoms with E-state index in [2.05, 4.69) is 49.1 Å². The fraction of sp³-hybridized carbons (Fsp3) is 0.526. The summed E-state index contributed by atoms with van der Waals surface area (Å²) in [5.74, 6) is -0.638. The number of allylic oxidation sites excluding steroid dienone is 2. The van der Waals surface area contributed by atoms with Crippen LogP contribution in [0.25, 0.3) is 6.08 Å². The number of phenols is 1. The van der Waals surface area contributed by atoms with E-state index in [0.29, 0.717) is 24.9 Å². The predicted octanol–water partition coefficient (Wildman–Crippen LogP) is 6.45. The standard InChI is InChI=1S/C38H49BN2O5/c1-5-9-27(21-29-18-25(3)36(42)26(4)19-29)12-13-33-34-24(2)20-31-35(32(34)22-39(45)46-33)38(44)41(37(31)43)30-14-16-40(17-15-30)23-28-10-7-6-8-11-28/h6-8,10-11,18-19,21,30-33,35,42,45H,5,9,12-17,20,22-23H2,1-4H3/b27-21+/t31-,32+,33-,35-/m1/s1. The average molecular weight is 625 g/mol. The van der Waals surface area contributed by atoms with Crippen molar-refractivity contribution < 1.29 is 24.4 Å². The molecule has 0 saturated carbocycles. The molecule has 3 fully saturated rings. The third-order valence-electron chi connectivity index (χ3n) is 10.8. The quantitative estimate of drug-likeness (QED) is 0.189. The molecule has 3 saturated heterocycles. The van der Waals surface area contributed by atoms with Crippen LogP contribution < -0.4 is 0 Å². The van der Waals surface area contributed by atoms with Crippen molar-refractivity contribution in [2.24, 2.45) is 17.8 Å². The van der Waals surface area contributed by atoms with Crippen LogP contribution >= 0.6 is 0 Å². The Morgan fingerprint density at radius 3 is 2.37 bits per heavy atom. The van der Waals surface area contributed by atoms with Crippen LogP contribution in [0.5, 0.6) is 5.75 Å². The number of hydrogen-bond acceptors (Lipinski definition) is 6. The molecule has 6 rings (SSSR count). The number of carbonyl (C=O) groups excluding carboxylic acids is 2. The number of imide groups is 1. The van der Waals surface area contributed by atoms with Crippen LogP contribution in [0.15, 0.2) is 59.2 Å². The summed E-state index contributed by atoms with van der Waals surface area (Å²) in [7, 11) is -0.954. The lowest BCUT2D eigenvalue weighted by atomic mass is 9.58. The molecule has 2 amide bonds. The molecule has 7 nitrogen and oxygen atoms in total. The van der Waals surface area contributed by atoms with E-state index in [9.17, 15) is 19.7 Å². The molecule has 0 bridgehead atoms. The van der Waals surface area contributed by atoms with Gasteiger partial charge in [-0.25, -0.2) is 0 Å². The summed E-state index contributed by atoms with van der Waals surface area (Å²) in [6.07, 6.45) is 7.97. The number of nitrogens with zero attached hydrogens (tertiary/aromatic N) is 2. The summed E-state index contributed by atoms with van der Waals surface area (Å²) in [5, 5.41) is 21.2. The van der Waals surface area contributed by atoms with Gasteiger partial charge in [0.1, 0.15) is 5.75 Å². The first kappa shape index (κ1) is 32.7. The monoisotopic (exact) mass is 624 g/mol. The highest BCUT2D eigenvalue weighted by Gasteiger charge is 2.58. The zero-order chi connectivity index (χ0) is 32.5. The summed E-state index contributed by atoms with van der Waals surface area (Å²) in [6.45, 7) is 10.7. The fourth-order valence-electron chi connectivity index (χ4n) is 8.70. The van der Waals surface area contributed by atoms with Crippen molar-refractivity contribution in [1.82, 2.24) is 9.80 Å². The number of hydrogen-bond donors (Lipinski definition) is 2. The highest BCUT2D eigenvalue weighted by molar-refractivity contribution is 6.43. The zero-order valence-corrected chi connectivity index (χ0v) is 27.9. The van der Waals surface area contributed by atoms with Crippen LogP contribution in [0.1, 0.15) is 81.0 Å². The van der Waals surface area contributed by atoms with E-state index in [4.69, 9.17) is 4.65 Å². The lowest BCUT2D eigenvalue weighted by Crippen LogP contribution is -2.48. The van der Waals surface area contributed by atoms with E-state index in [1.165, 1.54) is 11.1 Å². The number of aromatic hydroxyl groups is 1. The molecule has 1 aliphatic carbocycles. The predicted molar refractivity (Wildman–Crippen MR) is 182 cm³/mol. The van der Waals surface area contributed by atoms with Gasteiger partial charge in [0.15, 0.2) is 0 Å². The first-order valence-corrected chi connectivity index (χ1v) is 17.3. The van der Waals surface area contributed by atoms with Crippen molar-refractivity contribution in [3.8, 4) is 5.75 Å². The molecule has 0 spiro atoms. The number of phenolic OH excluding ortho intramolecular Hbond substituents is 1. The lowest BCUT2D eigenvalue weighted by molar-refractivity contribution is -0.144. The average Bonchev–Trinajstić information content (AvgIpc) is 3.28. The summed E-state index contributed by atoms with van der Waals surface area (Å²) in [5.41, 5.74) is 7.68. The smallest absolute Gasteiger partial charge is 0.455 e. The minimum Gasteiger partial charge on any atom is -0.507 e. The van der Waals surface area contributed by atoms with E-state index in [0.717, 1.165) is 79.6 Å². The molecule has 0 unspecified atom stereocenters. The van der Waals surface area contributed by atoms with E-state index < -0.39 is 13.0 Å². The molecule has 2 aromatic carbocycles. The molecule has 8 heteroatoms. The highest BCUT2D eigenvalue weighted by Crippen LogP contribution is 2.51. The second kappa shape index (κ2) is 13.9. The number of aryl methyl sites for hydroxylation is 2. The van der Waals surface area contributed by atoms with Gasteiger partial charge in [-0.1, -0.05) is 60.9 Å².